The van der Waals surface area contributed by atoms with Gasteiger partial charge in [-0.05, 0) is 26.2 Å². The molecule has 0 amide bonds. The van der Waals surface area contributed by atoms with Crippen LogP contribution in [-0.2, 0) is 0 Å². The quantitative estimate of drug-likeness (QED) is 0.424. The Labute approximate surface area is 104 Å². The third kappa shape index (κ3) is 3.73. The second kappa shape index (κ2) is 6.05. The minimum atomic E-state index is 0.554. The molecule has 17 heavy (non-hydrogen) atoms. The van der Waals surface area contributed by atoms with Crippen molar-refractivity contribution in [1.82, 2.24) is 15.5 Å². The highest BCUT2D eigenvalue weighted by molar-refractivity contribution is 5.80. The van der Waals surface area contributed by atoms with E-state index in [9.17, 15) is 0 Å². The van der Waals surface area contributed by atoms with Crippen LogP contribution in [0.2, 0.25) is 0 Å². The fourth-order valence-corrected chi connectivity index (χ4v) is 2.35. The molecule has 2 aliphatic rings. The van der Waals surface area contributed by atoms with Crippen molar-refractivity contribution in [3.63, 3.8) is 0 Å². The molecule has 2 fully saturated rings. The van der Waals surface area contributed by atoms with Crippen molar-refractivity contribution < 1.29 is 0 Å². The fourth-order valence-electron chi connectivity index (χ4n) is 2.35. The standard InChI is InChI=1S/C13H24N4/c1-3-8-15-13(14-4-2)16-11-7-9-17(10-11)12-5-6-12/h3,11-12H,1,4-10H2,2H3,(H2,14,15,16). The number of likely N-dealkylation sites (tertiary alicyclic amines) is 1. The summed E-state index contributed by atoms with van der Waals surface area (Å²) in [5.74, 6) is 0.926. The van der Waals surface area contributed by atoms with Gasteiger partial charge < -0.3 is 10.6 Å². The summed E-state index contributed by atoms with van der Waals surface area (Å²) >= 11 is 0. The molecule has 1 saturated carbocycles. The van der Waals surface area contributed by atoms with Crippen LogP contribution in [0.5, 0.6) is 0 Å². The van der Waals surface area contributed by atoms with E-state index < -0.39 is 0 Å². The predicted octanol–water partition coefficient (Wildman–Crippen LogP) is 0.964. The van der Waals surface area contributed by atoms with Crippen molar-refractivity contribution in [3.8, 4) is 0 Å². The zero-order chi connectivity index (χ0) is 12.1. The van der Waals surface area contributed by atoms with Crippen LogP contribution in [-0.4, -0.2) is 49.1 Å². The molecular weight excluding hydrogens is 212 g/mol. The van der Waals surface area contributed by atoms with Crippen LogP contribution in [0.3, 0.4) is 0 Å². The van der Waals surface area contributed by atoms with Gasteiger partial charge in [-0.2, -0.15) is 0 Å². The van der Waals surface area contributed by atoms with Crippen LogP contribution >= 0.6 is 0 Å². The number of aliphatic imine (C=N–C) groups is 1. The first-order chi connectivity index (χ1) is 8.33. The Morgan fingerprint density at radius 1 is 1.47 bits per heavy atom. The lowest BCUT2D eigenvalue weighted by molar-refractivity contribution is 0.321. The second-order valence-electron chi connectivity index (χ2n) is 4.86. The lowest BCUT2D eigenvalue weighted by Crippen LogP contribution is -2.44. The van der Waals surface area contributed by atoms with Gasteiger partial charge in [-0.3, -0.25) is 4.90 Å². The summed E-state index contributed by atoms with van der Waals surface area (Å²) in [5, 5.41) is 6.79. The lowest BCUT2D eigenvalue weighted by Gasteiger charge is -2.18. The molecule has 1 unspecified atom stereocenters. The first-order valence-corrected chi connectivity index (χ1v) is 6.73. The Bertz CT molecular complexity index is 283. The van der Waals surface area contributed by atoms with E-state index in [4.69, 9.17) is 0 Å². The molecule has 0 aromatic carbocycles. The van der Waals surface area contributed by atoms with E-state index in [2.05, 4.69) is 34.0 Å². The van der Waals surface area contributed by atoms with Gasteiger partial charge in [-0.15, -0.1) is 6.58 Å². The first kappa shape index (κ1) is 12.4. The van der Waals surface area contributed by atoms with E-state index >= 15 is 0 Å². The van der Waals surface area contributed by atoms with Gasteiger partial charge in [0.1, 0.15) is 0 Å². The summed E-state index contributed by atoms with van der Waals surface area (Å²) in [6.07, 6.45) is 5.86. The minimum absolute atomic E-state index is 0.554. The third-order valence-electron chi connectivity index (χ3n) is 3.35. The maximum Gasteiger partial charge on any atom is 0.191 e. The molecule has 1 saturated heterocycles. The van der Waals surface area contributed by atoms with E-state index in [1.165, 1.54) is 32.4 Å². The van der Waals surface area contributed by atoms with Crippen molar-refractivity contribution in [1.29, 1.82) is 0 Å². The third-order valence-corrected chi connectivity index (χ3v) is 3.35. The molecule has 1 aliphatic heterocycles. The summed E-state index contributed by atoms with van der Waals surface area (Å²) in [5.41, 5.74) is 0. The Balaban J connectivity index is 1.79. The molecule has 0 bridgehead atoms. The van der Waals surface area contributed by atoms with Gasteiger partial charge in [0.2, 0.25) is 0 Å². The molecule has 0 aromatic rings. The largest absolute Gasteiger partial charge is 0.357 e. The molecule has 96 valence electrons. The zero-order valence-corrected chi connectivity index (χ0v) is 10.8. The van der Waals surface area contributed by atoms with Crippen molar-refractivity contribution >= 4 is 5.96 Å². The summed E-state index contributed by atoms with van der Waals surface area (Å²) in [6.45, 7) is 9.78. The summed E-state index contributed by atoms with van der Waals surface area (Å²) in [6, 6.07) is 1.44. The lowest BCUT2D eigenvalue weighted by atomic mass is 10.3. The highest BCUT2D eigenvalue weighted by Crippen LogP contribution is 2.29. The molecule has 0 spiro atoms. The van der Waals surface area contributed by atoms with Crippen molar-refractivity contribution in [2.75, 3.05) is 26.2 Å². The molecule has 4 nitrogen and oxygen atoms in total. The smallest absolute Gasteiger partial charge is 0.191 e. The van der Waals surface area contributed by atoms with Crippen molar-refractivity contribution in [2.24, 2.45) is 4.99 Å². The average molecular weight is 236 g/mol. The number of hydrogen-bond donors (Lipinski definition) is 2. The summed E-state index contributed by atoms with van der Waals surface area (Å²) < 4.78 is 0. The van der Waals surface area contributed by atoms with Crippen LogP contribution in [0.1, 0.15) is 26.2 Å². The molecule has 0 aromatic heterocycles. The van der Waals surface area contributed by atoms with Gasteiger partial charge in [0.05, 0.1) is 6.54 Å². The van der Waals surface area contributed by atoms with Gasteiger partial charge in [0, 0.05) is 31.7 Å². The number of rotatable bonds is 5. The maximum absolute atomic E-state index is 4.44. The highest BCUT2D eigenvalue weighted by Gasteiger charge is 2.34. The Hall–Kier alpha value is -1.03. The molecule has 1 aliphatic carbocycles. The number of nitrogens with zero attached hydrogens (tertiary/aromatic N) is 2. The van der Waals surface area contributed by atoms with E-state index in [1.54, 1.807) is 0 Å². The van der Waals surface area contributed by atoms with E-state index in [0.717, 1.165) is 18.5 Å². The van der Waals surface area contributed by atoms with Crippen LogP contribution < -0.4 is 10.6 Å². The van der Waals surface area contributed by atoms with Crippen LogP contribution in [0.15, 0.2) is 17.6 Å². The molecule has 1 atom stereocenters. The normalized spacial score (nSPS) is 25.9. The van der Waals surface area contributed by atoms with Gasteiger partial charge >= 0.3 is 0 Å². The van der Waals surface area contributed by atoms with Crippen LogP contribution in [0, 0.1) is 0 Å². The van der Waals surface area contributed by atoms with E-state index in [-0.39, 0.29) is 0 Å². The summed E-state index contributed by atoms with van der Waals surface area (Å²) in [4.78, 5) is 7.04. The fraction of sp³-hybridized carbons (Fsp3) is 0.769. The number of nitrogens with one attached hydrogen (secondary N) is 2. The Morgan fingerprint density at radius 3 is 2.94 bits per heavy atom. The minimum Gasteiger partial charge on any atom is -0.357 e. The SMILES string of the molecule is C=CCN=C(NCC)NC1CCN(C2CC2)C1. The summed E-state index contributed by atoms with van der Waals surface area (Å²) in [7, 11) is 0. The van der Waals surface area contributed by atoms with E-state index in [0.29, 0.717) is 12.6 Å². The van der Waals surface area contributed by atoms with Gasteiger partial charge in [0.15, 0.2) is 5.96 Å². The molecule has 1 heterocycles. The number of hydrogen-bond acceptors (Lipinski definition) is 2. The first-order valence-electron chi connectivity index (χ1n) is 6.73. The van der Waals surface area contributed by atoms with Crippen LogP contribution in [0.4, 0.5) is 0 Å². The molecule has 2 rings (SSSR count). The Kier molecular flexibility index (Phi) is 4.42. The zero-order valence-electron chi connectivity index (χ0n) is 10.8. The maximum atomic E-state index is 4.44. The molecular formula is C13H24N4. The van der Waals surface area contributed by atoms with Crippen molar-refractivity contribution in [3.05, 3.63) is 12.7 Å². The van der Waals surface area contributed by atoms with E-state index in [1.807, 2.05) is 6.08 Å². The number of guanidine groups is 1. The van der Waals surface area contributed by atoms with Crippen molar-refractivity contribution in [2.45, 2.75) is 38.3 Å². The second-order valence-corrected chi connectivity index (χ2v) is 4.86. The predicted molar refractivity (Wildman–Crippen MR) is 72.3 cm³/mol. The average Bonchev–Trinajstić information content (AvgIpc) is 3.08. The molecule has 4 heteroatoms. The monoisotopic (exact) mass is 236 g/mol. The topological polar surface area (TPSA) is 39.7 Å². The Morgan fingerprint density at radius 2 is 2.29 bits per heavy atom. The highest BCUT2D eigenvalue weighted by atomic mass is 15.3. The van der Waals surface area contributed by atoms with Crippen LogP contribution in [0.25, 0.3) is 0 Å². The molecule has 2 N–H and O–H groups in total. The molecule has 0 radical (unpaired) electrons. The van der Waals surface area contributed by atoms with Gasteiger partial charge in [-0.1, -0.05) is 6.08 Å². The van der Waals surface area contributed by atoms with Gasteiger partial charge in [0.25, 0.3) is 0 Å². The van der Waals surface area contributed by atoms with Gasteiger partial charge in [-0.25, -0.2) is 4.99 Å².